The van der Waals surface area contributed by atoms with Gasteiger partial charge in [0.1, 0.15) is 0 Å². The molecule has 0 amide bonds. The third-order valence-electron chi connectivity index (χ3n) is 3.41. The second-order valence-corrected chi connectivity index (χ2v) is 5.05. The van der Waals surface area contributed by atoms with Crippen LogP contribution in [0, 0.1) is 0 Å². The van der Waals surface area contributed by atoms with E-state index in [2.05, 4.69) is 24.3 Å². The fourth-order valence-corrected chi connectivity index (χ4v) is 2.66. The van der Waals surface area contributed by atoms with Gasteiger partial charge in [-0.3, -0.25) is 4.68 Å². The van der Waals surface area contributed by atoms with Crippen molar-refractivity contribution in [3.63, 3.8) is 0 Å². The number of hydrogen-bond acceptors (Lipinski definition) is 3. The van der Waals surface area contributed by atoms with Crippen LogP contribution in [0.5, 0.6) is 0 Å². The molecule has 102 valence electrons. The second-order valence-electron chi connectivity index (χ2n) is 4.67. The summed E-state index contributed by atoms with van der Waals surface area (Å²) >= 11 is 6.37. The Morgan fingerprint density at radius 1 is 1.50 bits per heavy atom. The Hall–Kier alpha value is -0.580. The Labute approximate surface area is 114 Å². The molecule has 0 saturated carbocycles. The summed E-state index contributed by atoms with van der Waals surface area (Å²) in [5.74, 6) is 0. The SMILES string of the molecule is CCc1nn(CC)c(CNC2CCCOC2)c1Cl. The average molecular weight is 272 g/mol. The molecule has 1 unspecified atom stereocenters. The topological polar surface area (TPSA) is 39.1 Å². The van der Waals surface area contributed by atoms with E-state index in [-0.39, 0.29) is 0 Å². The number of rotatable bonds is 5. The largest absolute Gasteiger partial charge is 0.380 e. The van der Waals surface area contributed by atoms with Crippen LogP contribution < -0.4 is 5.32 Å². The van der Waals surface area contributed by atoms with Crippen molar-refractivity contribution >= 4 is 11.6 Å². The minimum atomic E-state index is 0.445. The molecular weight excluding hydrogens is 250 g/mol. The Bertz CT molecular complexity index is 386. The first-order valence-corrected chi connectivity index (χ1v) is 7.19. The normalized spacial score (nSPS) is 20.3. The Morgan fingerprint density at radius 2 is 2.33 bits per heavy atom. The van der Waals surface area contributed by atoms with Crippen molar-refractivity contribution in [3.05, 3.63) is 16.4 Å². The van der Waals surface area contributed by atoms with Crippen molar-refractivity contribution in [1.82, 2.24) is 15.1 Å². The highest BCUT2D eigenvalue weighted by Gasteiger charge is 2.17. The van der Waals surface area contributed by atoms with Gasteiger partial charge in [0.15, 0.2) is 0 Å². The summed E-state index contributed by atoms with van der Waals surface area (Å²) in [6.45, 7) is 7.51. The molecule has 1 atom stereocenters. The summed E-state index contributed by atoms with van der Waals surface area (Å²) in [4.78, 5) is 0. The zero-order valence-electron chi connectivity index (χ0n) is 11.2. The van der Waals surface area contributed by atoms with Crippen LogP contribution in [0.15, 0.2) is 0 Å². The molecule has 2 rings (SSSR count). The molecule has 2 heterocycles. The van der Waals surface area contributed by atoms with Gasteiger partial charge in [0.2, 0.25) is 0 Å². The fraction of sp³-hybridized carbons (Fsp3) is 0.769. The van der Waals surface area contributed by atoms with E-state index in [0.29, 0.717) is 6.04 Å². The van der Waals surface area contributed by atoms with E-state index in [4.69, 9.17) is 16.3 Å². The molecule has 1 aromatic heterocycles. The number of aromatic nitrogens is 2. The zero-order valence-corrected chi connectivity index (χ0v) is 12.0. The van der Waals surface area contributed by atoms with Crippen molar-refractivity contribution in [2.75, 3.05) is 13.2 Å². The van der Waals surface area contributed by atoms with Gasteiger partial charge in [-0.05, 0) is 26.2 Å². The highest BCUT2D eigenvalue weighted by atomic mass is 35.5. The van der Waals surface area contributed by atoms with Crippen molar-refractivity contribution in [3.8, 4) is 0 Å². The van der Waals surface area contributed by atoms with Crippen LogP contribution in [-0.2, 0) is 24.2 Å². The van der Waals surface area contributed by atoms with Crippen molar-refractivity contribution in [1.29, 1.82) is 0 Å². The predicted molar refractivity (Wildman–Crippen MR) is 73.0 cm³/mol. The van der Waals surface area contributed by atoms with E-state index in [0.717, 1.165) is 55.6 Å². The van der Waals surface area contributed by atoms with E-state index in [9.17, 15) is 0 Å². The lowest BCUT2D eigenvalue weighted by Crippen LogP contribution is -2.36. The third kappa shape index (κ3) is 3.05. The summed E-state index contributed by atoms with van der Waals surface area (Å²) in [6.07, 6.45) is 3.20. The zero-order chi connectivity index (χ0) is 13.0. The summed E-state index contributed by atoms with van der Waals surface area (Å²) in [7, 11) is 0. The Morgan fingerprint density at radius 3 is 2.94 bits per heavy atom. The van der Waals surface area contributed by atoms with Crippen LogP contribution in [0.2, 0.25) is 5.02 Å². The van der Waals surface area contributed by atoms with Crippen LogP contribution in [0.4, 0.5) is 0 Å². The van der Waals surface area contributed by atoms with E-state index >= 15 is 0 Å². The molecule has 0 aliphatic carbocycles. The quantitative estimate of drug-likeness (QED) is 0.894. The number of nitrogens with zero attached hydrogens (tertiary/aromatic N) is 2. The maximum Gasteiger partial charge on any atom is 0.0863 e. The molecule has 1 aromatic rings. The predicted octanol–water partition coefficient (Wildman–Crippen LogP) is 2.39. The lowest BCUT2D eigenvalue weighted by atomic mass is 10.1. The van der Waals surface area contributed by atoms with Gasteiger partial charge in [-0.25, -0.2) is 0 Å². The highest BCUT2D eigenvalue weighted by molar-refractivity contribution is 6.31. The van der Waals surface area contributed by atoms with Crippen LogP contribution in [0.1, 0.15) is 38.1 Å². The molecular formula is C13H22ClN3O. The summed E-state index contributed by atoms with van der Waals surface area (Å²) in [5.41, 5.74) is 2.09. The van der Waals surface area contributed by atoms with Crippen LogP contribution in [0.25, 0.3) is 0 Å². The summed E-state index contributed by atoms with van der Waals surface area (Å²) < 4.78 is 7.46. The highest BCUT2D eigenvalue weighted by Crippen LogP contribution is 2.21. The molecule has 1 fully saturated rings. The standard InChI is InChI=1S/C13H22ClN3O/c1-3-11-13(14)12(17(4-2)16-11)8-15-10-6-5-7-18-9-10/h10,15H,3-9H2,1-2H3. The maximum absolute atomic E-state index is 6.37. The Balaban J connectivity index is 2.01. The lowest BCUT2D eigenvalue weighted by Gasteiger charge is -2.23. The first kappa shape index (κ1) is 13.8. The number of ether oxygens (including phenoxy) is 1. The van der Waals surface area contributed by atoms with Gasteiger partial charge in [-0.2, -0.15) is 5.10 Å². The molecule has 4 nitrogen and oxygen atoms in total. The molecule has 1 aliphatic heterocycles. The maximum atomic E-state index is 6.37. The van der Waals surface area contributed by atoms with E-state index < -0.39 is 0 Å². The number of aryl methyl sites for hydroxylation is 2. The summed E-state index contributed by atoms with van der Waals surface area (Å²) in [6, 6.07) is 0.445. The minimum Gasteiger partial charge on any atom is -0.380 e. The molecule has 18 heavy (non-hydrogen) atoms. The average Bonchev–Trinajstić information content (AvgIpc) is 2.73. The number of hydrogen-bond donors (Lipinski definition) is 1. The molecule has 1 saturated heterocycles. The van der Waals surface area contributed by atoms with Crippen LogP contribution in [-0.4, -0.2) is 29.0 Å². The second kappa shape index (κ2) is 6.55. The van der Waals surface area contributed by atoms with Crippen molar-refractivity contribution in [2.24, 2.45) is 0 Å². The van der Waals surface area contributed by atoms with Gasteiger partial charge in [0, 0.05) is 25.7 Å². The van der Waals surface area contributed by atoms with E-state index in [1.165, 1.54) is 6.42 Å². The van der Waals surface area contributed by atoms with E-state index in [1.54, 1.807) is 0 Å². The molecule has 5 heteroatoms. The first-order chi connectivity index (χ1) is 8.76. The van der Waals surface area contributed by atoms with Crippen LogP contribution >= 0.6 is 11.6 Å². The van der Waals surface area contributed by atoms with Gasteiger partial charge in [0.25, 0.3) is 0 Å². The first-order valence-electron chi connectivity index (χ1n) is 6.81. The minimum absolute atomic E-state index is 0.445. The van der Waals surface area contributed by atoms with Crippen molar-refractivity contribution < 1.29 is 4.74 Å². The number of nitrogens with one attached hydrogen (secondary N) is 1. The molecule has 1 aliphatic rings. The van der Waals surface area contributed by atoms with Gasteiger partial charge in [0.05, 0.1) is 23.0 Å². The monoisotopic (exact) mass is 271 g/mol. The van der Waals surface area contributed by atoms with E-state index in [1.807, 2.05) is 4.68 Å². The van der Waals surface area contributed by atoms with Crippen molar-refractivity contribution in [2.45, 2.75) is 52.2 Å². The molecule has 0 aromatic carbocycles. The van der Waals surface area contributed by atoms with Crippen LogP contribution in [0.3, 0.4) is 0 Å². The summed E-state index contributed by atoms with van der Waals surface area (Å²) in [5, 5.41) is 8.87. The Kier molecular flexibility index (Phi) is 5.03. The molecule has 0 spiro atoms. The molecule has 0 bridgehead atoms. The van der Waals surface area contributed by atoms with Gasteiger partial charge in [-0.1, -0.05) is 18.5 Å². The molecule has 1 N–H and O–H groups in total. The van der Waals surface area contributed by atoms with Gasteiger partial charge in [-0.15, -0.1) is 0 Å². The smallest absolute Gasteiger partial charge is 0.0863 e. The fourth-order valence-electron chi connectivity index (χ4n) is 2.33. The molecule has 0 radical (unpaired) electrons. The van der Waals surface area contributed by atoms with Gasteiger partial charge < -0.3 is 10.1 Å². The lowest BCUT2D eigenvalue weighted by molar-refractivity contribution is 0.0697. The third-order valence-corrected chi connectivity index (χ3v) is 3.85. The van der Waals surface area contributed by atoms with Gasteiger partial charge >= 0.3 is 0 Å². The number of halogens is 1.